The Morgan fingerprint density at radius 3 is 2.35 bits per heavy atom. The van der Waals surface area contributed by atoms with Gasteiger partial charge in [0.15, 0.2) is 0 Å². The van der Waals surface area contributed by atoms with E-state index in [2.05, 4.69) is 13.8 Å². The van der Waals surface area contributed by atoms with E-state index < -0.39 is 10.0 Å². The molecule has 1 aromatic carbocycles. The van der Waals surface area contributed by atoms with Crippen molar-refractivity contribution in [2.45, 2.75) is 31.1 Å². The van der Waals surface area contributed by atoms with Crippen molar-refractivity contribution in [2.24, 2.45) is 11.7 Å². The molecule has 1 atom stereocenters. The molecule has 0 radical (unpaired) electrons. The molecule has 6 heteroatoms. The van der Waals surface area contributed by atoms with E-state index in [0.29, 0.717) is 36.4 Å². The fraction of sp³-hybridized carbons (Fsp3) is 0.571. The summed E-state index contributed by atoms with van der Waals surface area (Å²) in [5.74, 6) is 0.704. The van der Waals surface area contributed by atoms with Crippen LogP contribution in [0.15, 0.2) is 29.2 Å². The minimum absolute atomic E-state index is 0. The van der Waals surface area contributed by atoms with E-state index in [1.807, 2.05) is 12.1 Å². The van der Waals surface area contributed by atoms with Crippen molar-refractivity contribution in [2.75, 3.05) is 19.6 Å². The van der Waals surface area contributed by atoms with Crippen LogP contribution in [-0.2, 0) is 10.0 Å². The zero-order valence-corrected chi connectivity index (χ0v) is 13.6. The lowest BCUT2D eigenvalue weighted by atomic mass is 10.0. The van der Waals surface area contributed by atoms with Crippen molar-refractivity contribution < 1.29 is 8.42 Å². The Hall–Kier alpha value is -0.620. The lowest BCUT2D eigenvalue weighted by molar-refractivity contribution is 0.459. The molecular weight excluding hydrogens is 296 g/mol. The lowest BCUT2D eigenvalue weighted by Gasteiger charge is -2.17. The van der Waals surface area contributed by atoms with Crippen LogP contribution in [0.3, 0.4) is 0 Å². The molecule has 20 heavy (non-hydrogen) atoms. The Morgan fingerprint density at radius 1 is 1.30 bits per heavy atom. The Balaban J connectivity index is 0.00000200. The minimum atomic E-state index is -3.35. The normalized spacial score (nSPS) is 20.1. The van der Waals surface area contributed by atoms with E-state index in [4.69, 9.17) is 5.73 Å². The van der Waals surface area contributed by atoms with Gasteiger partial charge in [0.1, 0.15) is 0 Å². The highest BCUT2D eigenvalue weighted by molar-refractivity contribution is 7.89. The van der Waals surface area contributed by atoms with Crippen LogP contribution in [0.1, 0.15) is 31.7 Å². The summed E-state index contributed by atoms with van der Waals surface area (Å²) in [5, 5.41) is 0. The van der Waals surface area contributed by atoms with Crippen molar-refractivity contribution in [1.82, 2.24) is 4.31 Å². The monoisotopic (exact) mass is 318 g/mol. The van der Waals surface area contributed by atoms with Gasteiger partial charge in [0.25, 0.3) is 0 Å². The van der Waals surface area contributed by atoms with Crippen molar-refractivity contribution in [1.29, 1.82) is 0 Å². The third-order valence-corrected chi connectivity index (χ3v) is 5.65. The maximum absolute atomic E-state index is 12.5. The van der Waals surface area contributed by atoms with Crippen LogP contribution in [0, 0.1) is 5.92 Å². The van der Waals surface area contributed by atoms with E-state index in [0.717, 1.165) is 12.0 Å². The molecule has 1 unspecified atom stereocenters. The summed E-state index contributed by atoms with van der Waals surface area (Å²) in [6.45, 7) is 5.87. The second-order valence-electron chi connectivity index (χ2n) is 5.48. The summed E-state index contributed by atoms with van der Waals surface area (Å²) >= 11 is 0. The fourth-order valence-electron chi connectivity index (χ4n) is 2.38. The van der Waals surface area contributed by atoms with Crippen LogP contribution in [0.5, 0.6) is 0 Å². The quantitative estimate of drug-likeness (QED) is 0.925. The van der Waals surface area contributed by atoms with Crippen molar-refractivity contribution in [3.8, 4) is 0 Å². The number of halogens is 1. The van der Waals surface area contributed by atoms with E-state index >= 15 is 0 Å². The molecule has 1 saturated heterocycles. The molecule has 0 bridgehead atoms. The summed E-state index contributed by atoms with van der Waals surface area (Å²) < 4.78 is 26.5. The first-order valence-corrected chi connectivity index (χ1v) is 8.19. The van der Waals surface area contributed by atoms with Crippen LogP contribution in [0.4, 0.5) is 0 Å². The Kier molecular flexibility index (Phi) is 6.01. The van der Waals surface area contributed by atoms with Gasteiger partial charge in [-0.15, -0.1) is 12.4 Å². The van der Waals surface area contributed by atoms with Crippen LogP contribution < -0.4 is 5.73 Å². The van der Waals surface area contributed by atoms with Gasteiger partial charge < -0.3 is 5.73 Å². The SMILES string of the molecule is CC(C)c1ccc(S(=O)(=O)N2CCC(CN)C2)cc1.Cl. The molecule has 0 saturated carbocycles. The second kappa shape index (κ2) is 6.89. The topological polar surface area (TPSA) is 63.4 Å². The highest BCUT2D eigenvalue weighted by atomic mass is 35.5. The molecule has 0 spiro atoms. The molecule has 2 N–H and O–H groups in total. The maximum atomic E-state index is 12.5. The Bertz CT molecular complexity index is 529. The first kappa shape index (κ1) is 17.4. The Morgan fingerprint density at radius 2 is 1.90 bits per heavy atom. The molecule has 1 aliphatic heterocycles. The molecular formula is C14H23ClN2O2S. The lowest BCUT2D eigenvalue weighted by Crippen LogP contribution is -2.30. The van der Waals surface area contributed by atoms with Gasteiger partial charge in [0, 0.05) is 13.1 Å². The van der Waals surface area contributed by atoms with Gasteiger partial charge in [-0.1, -0.05) is 26.0 Å². The standard InChI is InChI=1S/C14H22N2O2S.ClH/c1-11(2)13-3-5-14(6-4-13)19(17,18)16-8-7-12(9-15)10-16;/h3-6,11-12H,7-10,15H2,1-2H3;1H. The summed E-state index contributed by atoms with van der Waals surface area (Å²) in [5.41, 5.74) is 6.76. The molecule has 0 aromatic heterocycles. The van der Waals surface area contributed by atoms with Gasteiger partial charge in [0.05, 0.1) is 4.90 Å². The van der Waals surface area contributed by atoms with Crippen molar-refractivity contribution in [3.05, 3.63) is 29.8 Å². The molecule has 114 valence electrons. The van der Waals surface area contributed by atoms with Gasteiger partial charge in [-0.25, -0.2) is 8.42 Å². The van der Waals surface area contributed by atoms with E-state index in [1.165, 1.54) is 0 Å². The predicted molar refractivity (Wildman–Crippen MR) is 83.7 cm³/mol. The van der Waals surface area contributed by atoms with Crippen LogP contribution in [0.25, 0.3) is 0 Å². The van der Waals surface area contributed by atoms with E-state index in [9.17, 15) is 8.42 Å². The largest absolute Gasteiger partial charge is 0.330 e. The molecule has 2 rings (SSSR count). The van der Waals surface area contributed by atoms with Crippen LogP contribution in [-0.4, -0.2) is 32.4 Å². The summed E-state index contributed by atoms with van der Waals surface area (Å²) in [6.07, 6.45) is 0.861. The van der Waals surface area contributed by atoms with E-state index in [1.54, 1.807) is 16.4 Å². The smallest absolute Gasteiger partial charge is 0.243 e. The average Bonchev–Trinajstić information content (AvgIpc) is 2.88. The highest BCUT2D eigenvalue weighted by Crippen LogP contribution is 2.25. The number of rotatable bonds is 4. The first-order chi connectivity index (χ1) is 8.95. The van der Waals surface area contributed by atoms with Crippen molar-refractivity contribution in [3.63, 3.8) is 0 Å². The number of nitrogens with zero attached hydrogens (tertiary/aromatic N) is 1. The number of hydrogen-bond donors (Lipinski definition) is 1. The summed E-state index contributed by atoms with van der Waals surface area (Å²) in [7, 11) is -3.35. The third kappa shape index (κ3) is 3.52. The first-order valence-electron chi connectivity index (χ1n) is 6.75. The van der Waals surface area contributed by atoms with Gasteiger partial charge in [-0.3, -0.25) is 0 Å². The molecule has 4 nitrogen and oxygen atoms in total. The molecule has 0 aliphatic carbocycles. The van der Waals surface area contributed by atoms with Crippen LogP contribution in [0.2, 0.25) is 0 Å². The molecule has 1 aliphatic rings. The zero-order valence-electron chi connectivity index (χ0n) is 12.0. The average molecular weight is 319 g/mol. The number of nitrogens with two attached hydrogens (primary N) is 1. The summed E-state index contributed by atoms with van der Waals surface area (Å²) in [4.78, 5) is 0.384. The number of benzene rings is 1. The van der Waals surface area contributed by atoms with Crippen LogP contribution >= 0.6 is 12.4 Å². The highest BCUT2D eigenvalue weighted by Gasteiger charge is 2.31. The third-order valence-electron chi connectivity index (χ3n) is 3.77. The van der Waals surface area contributed by atoms with Crippen molar-refractivity contribution >= 4 is 22.4 Å². The molecule has 1 aromatic rings. The maximum Gasteiger partial charge on any atom is 0.243 e. The molecule has 0 amide bonds. The summed E-state index contributed by atoms with van der Waals surface area (Å²) in [6, 6.07) is 7.21. The van der Waals surface area contributed by atoms with E-state index in [-0.39, 0.29) is 12.4 Å². The van der Waals surface area contributed by atoms with Gasteiger partial charge in [-0.05, 0) is 42.5 Å². The zero-order chi connectivity index (χ0) is 14.0. The van der Waals surface area contributed by atoms with Gasteiger partial charge >= 0.3 is 0 Å². The van der Waals surface area contributed by atoms with Gasteiger partial charge in [0.2, 0.25) is 10.0 Å². The predicted octanol–water partition coefficient (Wildman–Crippen LogP) is 2.20. The second-order valence-corrected chi connectivity index (χ2v) is 7.42. The number of hydrogen-bond acceptors (Lipinski definition) is 3. The molecule has 1 fully saturated rings. The Labute approximate surface area is 127 Å². The fourth-order valence-corrected chi connectivity index (χ4v) is 3.91. The number of sulfonamides is 1. The minimum Gasteiger partial charge on any atom is -0.330 e. The van der Waals surface area contributed by atoms with Gasteiger partial charge in [-0.2, -0.15) is 4.31 Å². The molecule has 1 heterocycles.